The van der Waals surface area contributed by atoms with Crippen molar-refractivity contribution in [2.24, 2.45) is 0 Å². The topological polar surface area (TPSA) is 3.01 Å². The molecule has 19 heavy (non-hydrogen) atoms. The van der Waals surface area contributed by atoms with Crippen molar-refractivity contribution >= 4 is 0 Å². The summed E-state index contributed by atoms with van der Waals surface area (Å²) in [6, 6.07) is 21.6. The molecule has 2 aromatic rings. The Hall–Kier alpha value is -1.60. The first kappa shape index (κ1) is 11.2. The predicted molar refractivity (Wildman–Crippen MR) is 80.0 cm³/mol. The van der Waals surface area contributed by atoms with Crippen LogP contribution in [-0.2, 0) is 13.0 Å². The molecule has 1 heterocycles. The van der Waals surface area contributed by atoms with Crippen LogP contribution in [0.1, 0.15) is 25.3 Å². The second kappa shape index (κ2) is 6.03. The van der Waals surface area contributed by atoms with Gasteiger partial charge >= 0.3 is 0 Å². The molecular formula is C18H21N. The summed E-state index contributed by atoms with van der Waals surface area (Å²) >= 11 is 0. The summed E-state index contributed by atoms with van der Waals surface area (Å²) in [7, 11) is 0. The SMILES string of the molecule is [2H][C@H]1[C@H](CCCc2ccccc2)N1Cc1ccccc1. The molecule has 3 rings (SSSR count). The maximum atomic E-state index is 8.07. The van der Waals surface area contributed by atoms with Crippen molar-refractivity contribution in [3.05, 3.63) is 71.8 Å². The zero-order valence-corrected chi connectivity index (χ0v) is 11.2. The van der Waals surface area contributed by atoms with E-state index in [1.165, 1.54) is 17.5 Å². The summed E-state index contributed by atoms with van der Waals surface area (Å²) in [6.45, 7) is 0.927. The lowest BCUT2D eigenvalue weighted by molar-refractivity contribution is 0.480. The average Bonchev–Trinajstić information content (AvgIpc) is 3.10. The van der Waals surface area contributed by atoms with E-state index in [-0.39, 0.29) is 6.52 Å². The number of aryl methyl sites for hydroxylation is 1. The van der Waals surface area contributed by atoms with Crippen LogP contribution < -0.4 is 0 Å². The van der Waals surface area contributed by atoms with Crippen molar-refractivity contribution in [2.45, 2.75) is 31.8 Å². The third-order valence-electron chi connectivity index (χ3n) is 3.72. The van der Waals surface area contributed by atoms with Gasteiger partial charge in [0, 0.05) is 20.5 Å². The molecule has 3 atom stereocenters. The van der Waals surface area contributed by atoms with E-state index in [1.807, 2.05) is 6.07 Å². The molecule has 1 unspecified atom stereocenters. The molecule has 0 saturated carbocycles. The Bertz CT molecular complexity index is 526. The third kappa shape index (κ3) is 3.68. The van der Waals surface area contributed by atoms with Crippen LogP contribution in [0, 0.1) is 0 Å². The summed E-state index contributed by atoms with van der Waals surface area (Å²) in [6.07, 6.45) is 3.44. The molecule has 0 N–H and O–H groups in total. The Morgan fingerprint density at radius 3 is 2.26 bits per heavy atom. The van der Waals surface area contributed by atoms with Crippen molar-refractivity contribution in [3.63, 3.8) is 0 Å². The molecule has 0 radical (unpaired) electrons. The fraction of sp³-hybridized carbons (Fsp3) is 0.333. The minimum absolute atomic E-state index is 0.00554. The average molecular weight is 252 g/mol. The monoisotopic (exact) mass is 252 g/mol. The van der Waals surface area contributed by atoms with E-state index in [9.17, 15) is 0 Å². The van der Waals surface area contributed by atoms with Crippen molar-refractivity contribution < 1.29 is 1.37 Å². The second-order valence-corrected chi connectivity index (χ2v) is 5.25. The van der Waals surface area contributed by atoms with Crippen molar-refractivity contribution in [1.82, 2.24) is 4.90 Å². The van der Waals surface area contributed by atoms with Crippen LogP contribution in [0.5, 0.6) is 0 Å². The molecule has 1 aliphatic rings. The lowest BCUT2D eigenvalue weighted by Crippen LogP contribution is -2.02. The van der Waals surface area contributed by atoms with Gasteiger partial charge in [0.1, 0.15) is 0 Å². The van der Waals surface area contributed by atoms with Gasteiger partial charge in [-0.25, -0.2) is 0 Å². The highest BCUT2D eigenvalue weighted by atomic mass is 15.3. The minimum atomic E-state index is 0.00554. The molecule has 1 fully saturated rings. The number of nitrogens with zero attached hydrogens (tertiary/aromatic N) is 1. The van der Waals surface area contributed by atoms with Gasteiger partial charge in [0.25, 0.3) is 0 Å². The zero-order valence-electron chi connectivity index (χ0n) is 12.2. The van der Waals surface area contributed by atoms with Crippen LogP contribution >= 0.6 is 0 Å². The molecule has 1 saturated heterocycles. The molecule has 0 amide bonds. The Labute approximate surface area is 117 Å². The van der Waals surface area contributed by atoms with Crippen molar-refractivity contribution in [3.8, 4) is 0 Å². The van der Waals surface area contributed by atoms with Gasteiger partial charge in [-0.2, -0.15) is 0 Å². The molecule has 0 bridgehead atoms. The highest BCUT2D eigenvalue weighted by molar-refractivity contribution is 5.16. The van der Waals surface area contributed by atoms with Gasteiger partial charge in [0.2, 0.25) is 0 Å². The standard InChI is InChI=1S/C18H21N/c1-3-8-16(9-4-1)12-7-13-18-15-19(18)14-17-10-5-2-6-11-17/h1-6,8-11,18H,7,12-15H2/t18-,19?/m0/s1/i15D/t15-,18-,19?. The number of hydrogen-bond acceptors (Lipinski definition) is 1. The summed E-state index contributed by atoms with van der Waals surface area (Å²) in [5.74, 6) is 0. The smallest absolute Gasteiger partial charge is 0.0447 e. The summed E-state index contributed by atoms with van der Waals surface area (Å²) in [5, 5.41) is 0. The summed E-state index contributed by atoms with van der Waals surface area (Å²) in [5.41, 5.74) is 2.72. The van der Waals surface area contributed by atoms with Gasteiger partial charge < -0.3 is 0 Å². The van der Waals surface area contributed by atoms with Crippen LogP contribution in [0.25, 0.3) is 0 Å². The van der Waals surface area contributed by atoms with E-state index in [2.05, 4.69) is 59.5 Å². The van der Waals surface area contributed by atoms with Crippen LogP contribution in [0.15, 0.2) is 60.7 Å². The van der Waals surface area contributed by atoms with Crippen LogP contribution in [0.2, 0.25) is 0 Å². The van der Waals surface area contributed by atoms with Crippen molar-refractivity contribution in [1.29, 1.82) is 0 Å². The van der Waals surface area contributed by atoms with Gasteiger partial charge in [0.15, 0.2) is 0 Å². The first-order valence-corrected chi connectivity index (χ1v) is 7.10. The Balaban J connectivity index is 1.43. The molecule has 98 valence electrons. The van der Waals surface area contributed by atoms with E-state index in [0.717, 1.165) is 19.4 Å². The molecule has 0 spiro atoms. The van der Waals surface area contributed by atoms with Crippen LogP contribution in [0.3, 0.4) is 0 Å². The number of hydrogen-bond donors (Lipinski definition) is 0. The summed E-state index contributed by atoms with van der Waals surface area (Å²) < 4.78 is 8.07. The zero-order chi connectivity index (χ0) is 13.8. The lowest BCUT2D eigenvalue weighted by Gasteiger charge is -2.04. The Morgan fingerprint density at radius 1 is 0.947 bits per heavy atom. The maximum absolute atomic E-state index is 8.07. The van der Waals surface area contributed by atoms with E-state index >= 15 is 0 Å². The quantitative estimate of drug-likeness (QED) is 0.705. The molecule has 1 aliphatic heterocycles. The van der Waals surface area contributed by atoms with E-state index in [4.69, 9.17) is 1.37 Å². The highest BCUT2D eigenvalue weighted by Gasteiger charge is 2.32. The lowest BCUT2D eigenvalue weighted by atomic mass is 10.1. The van der Waals surface area contributed by atoms with Gasteiger partial charge in [-0.3, -0.25) is 4.90 Å². The molecule has 1 heteroatoms. The Morgan fingerprint density at radius 2 is 1.58 bits per heavy atom. The van der Waals surface area contributed by atoms with Gasteiger partial charge in [-0.1, -0.05) is 60.7 Å². The normalized spacial score (nSPS) is 25.9. The van der Waals surface area contributed by atoms with Gasteiger partial charge in [-0.15, -0.1) is 0 Å². The molecule has 1 nitrogen and oxygen atoms in total. The molecule has 2 aromatic carbocycles. The number of rotatable bonds is 6. The molecular weight excluding hydrogens is 230 g/mol. The van der Waals surface area contributed by atoms with Crippen molar-refractivity contribution in [2.75, 3.05) is 6.52 Å². The van der Waals surface area contributed by atoms with E-state index < -0.39 is 0 Å². The fourth-order valence-electron chi connectivity index (χ4n) is 2.55. The second-order valence-electron chi connectivity index (χ2n) is 5.25. The Kier molecular flexibility index (Phi) is 3.57. The fourth-order valence-corrected chi connectivity index (χ4v) is 2.55. The minimum Gasteiger partial charge on any atom is -0.293 e. The molecule has 0 aliphatic carbocycles. The first-order valence-electron chi connectivity index (χ1n) is 7.68. The predicted octanol–water partition coefficient (Wildman–Crippen LogP) is 3.89. The van der Waals surface area contributed by atoms with E-state index in [0.29, 0.717) is 6.04 Å². The summed E-state index contributed by atoms with van der Waals surface area (Å²) in [4.78, 5) is 2.28. The van der Waals surface area contributed by atoms with Gasteiger partial charge in [-0.05, 0) is 30.4 Å². The first-order chi connectivity index (χ1) is 9.84. The third-order valence-corrected chi connectivity index (χ3v) is 3.72. The van der Waals surface area contributed by atoms with E-state index in [1.54, 1.807) is 0 Å². The van der Waals surface area contributed by atoms with Crippen LogP contribution in [-0.4, -0.2) is 17.5 Å². The molecule has 0 aromatic heterocycles. The largest absolute Gasteiger partial charge is 0.293 e. The maximum Gasteiger partial charge on any atom is 0.0447 e. The van der Waals surface area contributed by atoms with Gasteiger partial charge in [0.05, 0.1) is 0 Å². The van der Waals surface area contributed by atoms with Crippen LogP contribution in [0.4, 0.5) is 0 Å². The number of benzene rings is 2. The highest BCUT2D eigenvalue weighted by Crippen LogP contribution is 2.25.